The third-order valence-corrected chi connectivity index (χ3v) is 5.91. The van der Waals surface area contributed by atoms with E-state index in [1.165, 1.54) is 28.7 Å². The Balaban J connectivity index is 1.71. The van der Waals surface area contributed by atoms with Gasteiger partial charge in [-0.15, -0.1) is 11.3 Å². The number of hydrogen-bond donors (Lipinski definition) is 1. The van der Waals surface area contributed by atoms with Crippen molar-refractivity contribution >= 4 is 38.1 Å². The van der Waals surface area contributed by atoms with Gasteiger partial charge in [-0.2, -0.15) is 36.5 Å². The van der Waals surface area contributed by atoms with Gasteiger partial charge in [0.05, 0.1) is 29.1 Å². The molecule has 0 amide bonds. The highest BCUT2D eigenvalue weighted by molar-refractivity contribution is 9.10. The number of halogens is 7. The number of nitrogens with one attached hydrogen (secondary N) is 1. The fourth-order valence-electron chi connectivity index (χ4n) is 2.97. The van der Waals surface area contributed by atoms with Crippen LogP contribution in [-0.2, 0) is 18.9 Å². The Kier molecular flexibility index (Phi) is 6.94. The van der Waals surface area contributed by atoms with Crippen LogP contribution in [0.15, 0.2) is 70.1 Å². The van der Waals surface area contributed by atoms with E-state index in [9.17, 15) is 26.3 Å². The van der Waals surface area contributed by atoms with Gasteiger partial charge in [0, 0.05) is 21.0 Å². The zero-order valence-electron chi connectivity index (χ0n) is 17.3. The van der Waals surface area contributed by atoms with E-state index < -0.39 is 23.5 Å². The lowest BCUT2D eigenvalue weighted by molar-refractivity contribution is -0.143. The topological polar surface area (TPSA) is 68.0 Å². The minimum atomic E-state index is -4.99. The van der Waals surface area contributed by atoms with Gasteiger partial charge in [-0.3, -0.25) is 5.43 Å². The van der Waals surface area contributed by atoms with E-state index >= 15 is 0 Å². The smallest absolute Gasteiger partial charge is 0.252 e. The molecule has 4 rings (SSSR count). The Morgan fingerprint density at radius 3 is 2.23 bits per heavy atom. The van der Waals surface area contributed by atoms with Crippen molar-refractivity contribution in [2.75, 3.05) is 5.43 Å². The summed E-state index contributed by atoms with van der Waals surface area (Å²) in [6.45, 7) is -0.240. The van der Waals surface area contributed by atoms with E-state index in [4.69, 9.17) is 0 Å². The summed E-state index contributed by atoms with van der Waals surface area (Å²) < 4.78 is 82.2. The minimum Gasteiger partial charge on any atom is -0.252 e. The molecule has 0 spiro atoms. The van der Waals surface area contributed by atoms with Crippen LogP contribution in [0.2, 0.25) is 0 Å². The van der Waals surface area contributed by atoms with E-state index in [-0.39, 0.29) is 23.9 Å². The Labute approximate surface area is 206 Å². The first kappa shape index (κ1) is 24.9. The van der Waals surface area contributed by atoms with Gasteiger partial charge in [0.2, 0.25) is 5.13 Å². The molecule has 0 unspecified atom stereocenters. The highest BCUT2D eigenvalue weighted by Crippen LogP contribution is 2.36. The molecule has 0 aliphatic heterocycles. The number of thiazole rings is 1. The van der Waals surface area contributed by atoms with Crippen LogP contribution in [0.1, 0.15) is 16.7 Å². The molecule has 35 heavy (non-hydrogen) atoms. The first-order valence-electron chi connectivity index (χ1n) is 9.65. The van der Waals surface area contributed by atoms with Crippen LogP contribution in [0, 0.1) is 0 Å². The summed E-state index contributed by atoms with van der Waals surface area (Å²) in [4.78, 5) is 8.12. The fourth-order valence-corrected chi connectivity index (χ4v) is 3.90. The van der Waals surface area contributed by atoms with E-state index in [1.807, 2.05) is 24.3 Å². The van der Waals surface area contributed by atoms with Crippen LogP contribution >= 0.6 is 27.3 Å². The molecule has 6 nitrogen and oxygen atoms in total. The van der Waals surface area contributed by atoms with Crippen LogP contribution in [-0.4, -0.2) is 25.5 Å². The number of alkyl halides is 6. The molecule has 182 valence electrons. The van der Waals surface area contributed by atoms with Crippen molar-refractivity contribution in [2.24, 2.45) is 5.10 Å². The first-order chi connectivity index (χ1) is 16.5. The summed E-state index contributed by atoms with van der Waals surface area (Å²) in [5.74, 6) is 0. The van der Waals surface area contributed by atoms with Crippen molar-refractivity contribution in [2.45, 2.75) is 18.9 Å². The van der Waals surface area contributed by atoms with Crippen LogP contribution in [0.5, 0.6) is 0 Å². The van der Waals surface area contributed by atoms with Crippen molar-refractivity contribution in [3.63, 3.8) is 0 Å². The van der Waals surface area contributed by atoms with Gasteiger partial charge in [-0.25, -0.2) is 14.6 Å². The molecule has 0 bridgehead atoms. The third-order valence-electron chi connectivity index (χ3n) is 4.63. The van der Waals surface area contributed by atoms with Crippen molar-refractivity contribution in [3.05, 3.63) is 81.7 Å². The molecule has 0 fully saturated rings. The second kappa shape index (κ2) is 9.77. The summed E-state index contributed by atoms with van der Waals surface area (Å²) in [6, 6.07) is 8.64. The van der Waals surface area contributed by atoms with Gasteiger partial charge in [0.1, 0.15) is 12.7 Å². The highest BCUT2D eigenvalue weighted by Gasteiger charge is 2.37. The van der Waals surface area contributed by atoms with E-state index in [0.717, 1.165) is 10.0 Å². The summed E-state index contributed by atoms with van der Waals surface area (Å²) >= 11 is 4.52. The molecule has 0 aliphatic rings. The van der Waals surface area contributed by atoms with Gasteiger partial charge in [0.25, 0.3) is 0 Å². The summed E-state index contributed by atoms with van der Waals surface area (Å²) in [5.41, 5.74) is 0.679. The second-order valence-electron chi connectivity index (χ2n) is 7.10. The van der Waals surface area contributed by atoms with Crippen LogP contribution in [0.4, 0.5) is 31.5 Å². The quantitative estimate of drug-likeness (QED) is 0.158. The molecule has 0 atom stereocenters. The molecule has 2 heterocycles. The lowest BCUT2D eigenvalue weighted by atomic mass is 10.0. The van der Waals surface area contributed by atoms with Crippen molar-refractivity contribution in [1.82, 2.24) is 19.7 Å². The SMILES string of the molecule is FC(F)(F)c1cc(/C(Cn2cncn2)=N\Nc2nc(-c3ccc(Br)cc3)cs2)cc(C(F)(F)F)c1. The molecular weight excluding hydrogens is 562 g/mol. The lowest BCUT2D eigenvalue weighted by Crippen LogP contribution is -2.18. The van der Waals surface area contributed by atoms with Gasteiger partial charge in [-0.1, -0.05) is 28.1 Å². The number of anilines is 1. The number of nitrogens with zero attached hydrogens (tertiary/aromatic N) is 5. The zero-order valence-corrected chi connectivity index (χ0v) is 19.7. The zero-order chi connectivity index (χ0) is 25.2. The van der Waals surface area contributed by atoms with Crippen LogP contribution in [0.25, 0.3) is 11.3 Å². The number of benzene rings is 2. The Hall–Kier alpha value is -3.26. The fraction of sp³-hybridized carbons (Fsp3) is 0.143. The van der Waals surface area contributed by atoms with E-state index in [1.54, 1.807) is 5.38 Å². The molecule has 0 aliphatic carbocycles. The molecule has 0 saturated carbocycles. The Morgan fingerprint density at radius 1 is 1.00 bits per heavy atom. The Morgan fingerprint density at radius 2 is 1.66 bits per heavy atom. The van der Waals surface area contributed by atoms with Gasteiger partial charge in [-0.05, 0) is 30.3 Å². The normalized spacial score (nSPS) is 12.7. The average molecular weight is 575 g/mol. The maximum absolute atomic E-state index is 13.4. The molecular formula is C21H13BrF6N6S. The van der Waals surface area contributed by atoms with Crippen LogP contribution < -0.4 is 5.43 Å². The number of hydrogen-bond acceptors (Lipinski definition) is 6. The van der Waals surface area contributed by atoms with E-state index in [0.29, 0.717) is 23.0 Å². The van der Waals surface area contributed by atoms with Crippen LogP contribution in [0.3, 0.4) is 0 Å². The first-order valence-corrected chi connectivity index (χ1v) is 11.3. The lowest BCUT2D eigenvalue weighted by Gasteiger charge is -2.15. The average Bonchev–Trinajstić information content (AvgIpc) is 3.48. The predicted molar refractivity (Wildman–Crippen MR) is 122 cm³/mol. The summed E-state index contributed by atoms with van der Waals surface area (Å²) in [6.07, 6.45) is -7.53. The summed E-state index contributed by atoms with van der Waals surface area (Å²) in [5, 5.41) is 9.99. The molecule has 1 N–H and O–H groups in total. The largest absolute Gasteiger partial charge is 0.416 e. The molecule has 4 aromatic rings. The maximum Gasteiger partial charge on any atom is 0.416 e. The number of rotatable bonds is 6. The minimum absolute atomic E-state index is 0.0648. The van der Waals surface area contributed by atoms with Gasteiger partial charge < -0.3 is 0 Å². The molecule has 2 aromatic carbocycles. The van der Waals surface area contributed by atoms with Crippen molar-refractivity contribution in [3.8, 4) is 11.3 Å². The maximum atomic E-state index is 13.4. The summed E-state index contributed by atoms with van der Waals surface area (Å²) in [7, 11) is 0. The van der Waals surface area contributed by atoms with Gasteiger partial charge in [0.15, 0.2) is 0 Å². The molecule has 2 aromatic heterocycles. The monoisotopic (exact) mass is 574 g/mol. The van der Waals surface area contributed by atoms with Crippen molar-refractivity contribution in [1.29, 1.82) is 0 Å². The molecule has 14 heteroatoms. The predicted octanol–water partition coefficient (Wildman–Crippen LogP) is 6.72. The highest BCUT2D eigenvalue weighted by atomic mass is 79.9. The molecule has 0 radical (unpaired) electrons. The molecule has 0 saturated heterocycles. The standard InChI is InChI=1S/C21H13BrF6N6S/c22-16-3-1-12(2-4-16)18-9-35-19(31-18)33-32-17(8-34-11-29-10-30-34)13-5-14(20(23,24)25)7-15(6-13)21(26,27)28/h1-7,9-11H,8H2,(H,31,33)/b32-17-. The Bertz CT molecular complexity index is 1300. The van der Waals surface area contributed by atoms with Crippen molar-refractivity contribution < 1.29 is 26.3 Å². The third kappa shape index (κ3) is 6.25. The van der Waals surface area contributed by atoms with E-state index in [2.05, 4.69) is 41.5 Å². The number of hydrazone groups is 1. The number of aromatic nitrogens is 4. The second-order valence-corrected chi connectivity index (χ2v) is 8.88. The van der Waals surface area contributed by atoms with Gasteiger partial charge >= 0.3 is 12.4 Å².